The smallest absolute Gasteiger partial charge is 0.405 e. The largest absolute Gasteiger partial charge is 0.573 e. The first-order chi connectivity index (χ1) is 12.0. The monoisotopic (exact) mass is 368 g/mol. The second kappa shape index (κ2) is 6.31. The van der Waals surface area contributed by atoms with Crippen LogP contribution in [0.25, 0.3) is 0 Å². The van der Waals surface area contributed by atoms with Gasteiger partial charge in [0.25, 0.3) is 0 Å². The van der Waals surface area contributed by atoms with E-state index in [9.17, 15) is 13.2 Å². The molecule has 0 saturated carbocycles. The molecule has 1 aliphatic heterocycles. The average Bonchev–Trinajstić information content (AvgIpc) is 3.02. The molecule has 2 aromatic rings. The van der Waals surface area contributed by atoms with Crippen molar-refractivity contribution < 1.29 is 27.2 Å². The summed E-state index contributed by atoms with van der Waals surface area (Å²) in [7, 11) is -0.574. The van der Waals surface area contributed by atoms with E-state index >= 15 is 0 Å². The first kappa shape index (κ1) is 18.8. The third-order valence-electron chi connectivity index (χ3n) is 4.71. The Kier molecular flexibility index (Phi) is 4.56. The van der Waals surface area contributed by atoms with Gasteiger partial charge in [-0.3, -0.25) is 4.68 Å². The quantitative estimate of drug-likeness (QED) is 0.778. The third kappa shape index (κ3) is 3.88. The molecule has 26 heavy (non-hydrogen) atoms. The van der Waals surface area contributed by atoms with Crippen LogP contribution in [0.15, 0.2) is 36.7 Å². The topological polar surface area (TPSA) is 45.5 Å². The number of benzene rings is 1. The molecule has 1 aromatic carbocycles. The van der Waals surface area contributed by atoms with Crippen molar-refractivity contribution in [2.24, 2.45) is 0 Å². The van der Waals surface area contributed by atoms with Gasteiger partial charge in [0.05, 0.1) is 17.7 Å². The fourth-order valence-corrected chi connectivity index (χ4v) is 2.60. The molecule has 2 heterocycles. The summed E-state index contributed by atoms with van der Waals surface area (Å²) in [5, 5.41) is 4.21. The molecule has 0 unspecified atom stereocenters. The Balaban J connectivity index is 1.76. The van der Waals surface area contributed by atoms with Gasteiger partial charge in [-0.25, -0.2) is 0 Å². The van der Waals surface area contributed by atoms with Gasteiger partial charge in [-0.1, -0.05) is 18.2 Å². The number of nitrogens with zero attached hydrogens (tertiary/aromatic N) is 2. The first-order valence-corrected chi connectivity index (χ1v) is 8.18. The zero-order valence-electron chi connectivity index (χ0n) is 15.0. The van der Waals surface area contributed by atoms with Gasteiger partial charge < -0.3 is 14.0 Å². The Morgan fingerprint density at radius 1 is 1.12 bits per heavy atom. The summed E-state index contributed by atoms with van der Waals surface area (Å²) in [5.74, 6) is -0.243. The Morgan fingerprint density at radius 2 is 1.73 bits per heavy atom. The summed E-state index contributed by atoms with van der Waals surface area (Å²) in [6, 6.07) is 5.99. The maximum Gasteiger partial charge on any atom is 0.573 e. The van der Waals surface area contributed by atoms with Crippen LogP contribution in [0.3, 0.4) is 0 Å². The normalized spacial score (nSPS) is 19.0. The van der Waals surface area contributed by atoms with E-state index in [1.54, 1.807) is 24.5 Å². The van der Waals surface area contributed by atoms with Crippen molar-refractivity contribution in [3.05, 3.63) is 42.2 Å². The van der Waals surface area contributed by atoms with Crippen molar-refractivity contribution in [1.82, 2.24) is 9.78 Å². The Bertz CT molecular complexity index is 774. The highest BCUT2D eigenvalue weighted by molar-refractivity contribution is 6.61. The van der Waals surface area contributed by atoms with Crippen molar-refractivity contribution in [3.8, 4) is 5.75 Å². The van der Waals surface area contributed by atoms with E-state index in [1.165, 1.54) is 16.8 Å². The molecule has 0 radical (unpaired) electrons. The molecule has 9 heteroatoms. The van der Waals surface area contributed by atoms with Gasteiger partial charge in [-0.05, 0) is 33.8 Å². The van der Waals surface area contributed by atoms with Gasteiger partial charge in [0.15, 0.2) is 0 Å². The van der Waals surface area contributed by atoms with Crippen LogP contribution in [0.4, 0.5) is 13.2 Å². The van der Waals surface area contributed by atoms with Gasteiger partial charge in [-0.15, -0.1) is 13.2 Å². The molecule has 0 bridgehead atoms. The molecular formula is C17H20BF3N2O3. The van der Waals surface area contributed by atoms with Crippen LogP contribution in [0, 0.1) is 0 Å². The molecule has 5 nitrogen and oxygen atoms in total. The Morgan fingerprint density at radius 3 is 2.35 bits per heavy atom. The highest BCUT2D eigenvalue weighted by Crippen LogP contribution is 2.36. The maximum atomic E-state index is 12.5. The van der Waals surface area contributed by atoms with Crippen molar-refractivity contribution in [3.63, 3.8) is 0 Å². The molecule has 1 aliphatic rings. The number of ether oxygens (including phenoxy) is 1. The van der Waals surface area contributed by atoms with Gasteiger partial charge in [0.2, 0.25) is 0 Å². The van der Waals surface area contributed by atoms with Crippen LogP contribution < -0.4 is 10.2 Å². The lowest BCUT2D eigenvalue weighted by atomic mass is 9.82. The molecule has 1 aromatic heterocycles. The van der Waals surface area contributed by atoms with Gasteiger partial charge in [0, 0.05) is 23.4 Å². The van der Waals surface area contributed by atoms with Crippen LogP contribution in [0.1, 0.15) is 33.3 Å². The lowest BCUT2D eigenvalue weighted by Crippen LogP contribution is -2.41. The van der Waals surface area contributed by atoms with E-state index in [0.29, 0.717) is 11.0 Å². The average molecular weight is 368 g/mol. The number of halogens is 3. The number of para-hydroxylation sites is 1. The summed E-state index contributed by atoms with van der Waals surface area (Å²) in [5.41, 5.74) is 0.117. The fraction of sp³-hybridized carbons (Fsp3) is 0.471. The molecule has 0 spiro atoms. The third-order valence-corrected chi connectivity index (χ3v) is 4.71. The zero-order chi connectivity index (χ0) is 19.2. The molecule has 140 valence electrons. The maximum absolute atomic E-state index is 12.5. The van der Waals surface area contributed by atoms with E-state index in [0.717, 1.165) is 0 Å². The Labute approximate surface area is 150 Å². The molecule has 0 atom stereocenters. The minimum atomic E-state index is -4.74. The lowest BCUT2D eigenvalue weighted by molar-refractivity contribution is -0.274. The van der Waals surface area contributed by atoms with Crippen molar-refractivity contribution in [1.29, 1.82) is 0 Å². The van der Waals surface area contributed by atoms with Crippen molar-refractivity contribution in [2.75, 3.05) is 0 Å². The van der Waals surface area contributed by atoms with Crippen LogP contribution in [-0.2, 0) is 15.9 Å². The fourth-order valence-electron chi connectivity index (χ4n) is 2.60. The summed E-state index contributed by atoms with van der Waals surface area (Å²) in [4.78, 5) is 0. The number of hydrogen-bond donors (Lipinski definition) is 0. The Hall–Kier alpha value is -2.00. The highest BCUT2D eigenvalue weighted by Gasteiger charge is 2.52. The molecular weight excluding hydrogens is 348 g/mol. The standard InChI is InChI=1S/C17H20BF3N2O3/c1-15(2)16(3,4)26-18(25-15)13-9-22-23(11-13)10-12-7-5-6-8-14(12)24-17(19,20)21/h5-9,11H,10H2,1-4H3. The second-order valence-electron chi connectivity index (χ2n) is 7.22. The summed E-state index contributed by atoms with van der Waals surface area (Å²) < 4.78 is 55.1. The predicted molar refractivity (Wildman–Crippen MR) is 90.2 cm³/mol. The van der Waals surface area contributed by atoms with Gasteiger partial charge in [-0.2, -0.15) is 5.10 Å². The minimum Gasteiger partial charge on any atom is -0.405 e. The van der Waals surface area contributed by atoms with E-state index in [2.05, 4.69) is 9.84 Å². The van der Waals surface area contributed by atoms with Gasteiger partial charge in [0.1, 0.15) is 5.75 Å². The SMILES string of the molecule is CC1(C)OB(c2cnn(Cc3ccccc3OC(F)(F)F)c2)OC1(C)C. The van der Waals surface area contributed by atoms with Crippen molar-refractivity contribution >= 4 is 12.6 Å². The highest BCUT2D eigenvalue weighted by atomic mass is 19.4. The van der Waals surface area contributed by atoms with Crippen LogP contribution in [-0.4, -0.2) is 34.5 Å². The van der Waals surface area contributed by atoms with E-state index < -0.39 is 24.7 Å². The lowest BCUT2D eigenvalue weighted by Gasteiger charge is -2.32. The summed E-state index contributed by atoms with van der Waals surface area (Å²) in [6.07, 6.45) is -1.45. The van der Waals surface area contributed by atoms with E-state index in [1.807, 2.05) is 27.7 Å². The molecule has 0 aliphatic carbocycles. The predicted octanol–water partition coefficient (Wildman–Crippen LogP) is 3.13. The number of aromatic nitrogens is 2. The molecule has 3 rings (SSSR count). The van der Waals surface area contributed by atoms with Crippen LogP contribution >= 0.6 is 0 Å². The van der Waals surface area contributed by atoms with E-state index in [-0.39, 0.29) is 12.3 Å². The molecule has 0 amide bonds. The molecule has 1 saturated heterocycles. The second-order valence-corrected chi connectivity index (χ2v) is 7.22. The minimum absolute atomic E-state index is 0.131. The number of alkyl halides is 3. The van der Waals surface area contributed by atoms with Crippen molar-refractivity contribution in [2.45, 2.75) is 51.8 Å². The summed E-state index contributed by atoms with van der Waals surface area (Å²) >= 11 is 0. The zero-order valence-corrected chi connectivity index (χ0v) is 15.0. The number of hydrogen-bond acceptors (Lipinski definition) is 4. The van der Waals surface area contributed by atoms with Gasteiger partial charge >= 0.3 is 13.5 Å². The van der Waals surface area contributed by atoms with Crippen LogP contribution in [0.5, 0.6) is 5.75 Å². The van der Waals surface area contributed by atoms with Crippen LogP contribution in [0.2, 0.25) is 0 Å². The van der Waals surface area contributed by atoms with E-state index in [4.69, 9.17) is 9.31 Å². The number of rotatable bonds is 4. The molecule has 1 fully saturated rings. The first-order valence-electron chi connectivity index (χ1n) is 8.18. The molecule has 0 N–H and O–H groups in total. The summed E-state index contributed by atoms with van der Waals surface area (Å²) in [6.45, 7) is 7.92.